The second-order valence-electron chi connectivity index (χ2n) is 3.79. The zero-order chi connectivity index (χ0) is 13.1. The number of aryl methyl sites for hydroxylation is 1. The topological polar surface area (TPSA) is 55.1 Å². The predicted octanol–water partition coefficient (Wildman–Crippen LogP) is 3.28. The number of nitrogens with one attached hydrogen (secondary N) is 1. The Morgan fingerprint density at radius 2 is 2.22 bits per heavy atom. The number of benzene rings is 1. The standard InChI is InChI=1S/C13H13FN2OS/c1-2-8-6-7-18-12(8)13(17)16-11-9(14)4-3-5-10(11)15/h3-7H,2,15H2,1H3,(H,16,17). The lowest BCUT2D eigenvalue weighted by Crippen LogP contribution is -2.14. The molecule has 2 rings (SSSR count). The Bertz CT molecular complexity index is 560. The summed E-state index contributed by atoms with van der Waals surface area (Å²) in [6.45, 7) is 1.97. The first-order chi connectivity index (χ1) is 8.63. The molecule has 0 radical (unpaired) electrons. The number of carbonyl (C=O) groups is 1. The van der Waals surface area contributed by atoms with Crippen molar-refractivity contribution in [1.82, 2.24) is 0 Å². The van der Waals surface area contributed by atoms with E-state index in [2.05, 4.69) is 5.32 Å². The van der Waals surface area contributed by atoms with Crippen LogP contribution < -0.4 is 11.1 Å². The lowest BCUT2D eigenvalue weighted by Gasteiger charge is -2.09. The minimum atomic E-state index is -0.530. The van der Waals surface area contributed by atoms with Gasteiger partial charge in [-0.3, -0.25) is 4.79 Å². The van der Waals surface area contributed by atoms with Crippen molar-refractivity contribution in [3.8, 4) is 0 Å². The molecule has 0 atom stereocenters. The molecule has 0 unspecified atom stereocenters. The number of amides is 1. The molecular formula is C13H13FN2OS. The summed E-state index contributed by atoms with van der Waals surface area (Å²) in [5.41, 5.74) is 6.85. The average molecular weight is 264 g/mol. The zero-order valence-corrected chi connectivity index (χ0v) is 10.7. The van der Waals surface area contributed by atoms with Gasteiger partial charge in [-0.2, -0.15) is 0 Å². The predicted molar refractivity (Wildman–Crippen MR) is 72.5 cm³/mol. The summed E-state index contributed by atoms with van der Waals surface area (Å²) < 4.78 is 13.5. The van der Waals surface area contributed by atoms with Crippen molar-refractivity contribution in [3.05, 3.63) is 45.9 Å². The van der Waals surface area contributed by atoms with Crippen molar-refractivity contribution in [2.75, 3.05) is 11.1 Å². The van der Waals surface area contributed by atoms with Gasteiger partial charge in [0.25, 0.3) is 5.91 Å². The second kappa shape index (κ2) is 5.18. The van der Waals surface area contributed by atoms with Crippen LogP contribution in [-0.4, -0.2) is 5.91 Å². The molecule has 1 amide bonds. The number of rotatable bonds is 3. The molecule has 0 aliphatic rings. The molecule has 1 aromatic heterocycles. The summed E-state index contributed by atoms with van der Waals surface area (Å²) in [7, 11) is 0. The first kappa shape index (κ1) is 12.6. The number of para-hydroxylation sites is 1. The molecular weight excluding hydrogens is 251 g/mol. The zero-order valence-electron chi connectivity index (χ0n) is 9.87. The third kappa shape index (κ3) is 2.36. The summed E-state index contributed by atoms with van der Waals surface area (Å²) in [6, 6.07) is 6.21. The van der Waals surface area contributed by atoms with Crippen molar-refractivity contribution in [2.24, 2.45) is 0 Å². The van der Waals surface area contributed by atoms with Gasteiger partial charge in [0.15, 0.2) is 0 Å². The van der Waals surface area contributed by atoms with Crippen LogP contribution in [0.4, 0.5) is 15.8 Å². The maximum atomic E-state index is 13.5. The Hall–Kier alpha value is -1.88. The van der Waals surface area contributed by atoms with Crippen LogP contribution in [0.1, 0.15) is 22.2 Å². The van der Waals surface area contributed by atoms with Gasteiger partial charge in [0.1, 0.15) is 11.5 Å². The van der Waals surface area contributed by atoms with Crippen LogP contribution in [0.3, 0.4) is 0 Å². The highest BCUT2D eigenvalue weighted by molar-refractivity contribution is 7.12. The Morgan fingerprint density at radius 1 is 1.44 bits per heavy atom. The highest BCUT2D eigenvalue weighted by atomic mass is 32.1. The molecule has 94 valence electrons. The summed E-state index contributed by atoms with van der Waals surface area (Å²) in [5.74, 6) is -0.850. The van der Waals surface area contributed by atoms with Crippen molar-refractivity contribution in [1.29, 1.82) is 0 Å². The first-order valence-corrected chi connectivity index (χ1v) is 6.43. The van der Waals surface area contributed by atoms with Gasteiger partial charge in [-0.15, -0.1) is 11.3 Å². The van der Waals surface area contributed by atoms with Crippen LogP contribution in [0.15, 0.2) is 29.6 Å². The monoisotopic (exact) mass is 264 g/mol. The third-order valence-electron chi connectivity index (χ3n) is 2.62. The SMILES string of the molecule is CCc1ccsc1C(=O)Nc1c(N)cccc1F. The number of carbonyl (C=O) groups excluding carboxylic acids is 1. The number of hydrogen-bond acceptors (Lipinski definition) is 3. The molecule has 0 bridgehead atoms. The molecule has 0 saturated carbocycles. The van der Waals surface area contributed by atoms with E-state index in [-0.39, 0.29) is 17.3 Å². The molecule has 3 N–H and O–H groups in total. The van der Waals surface area contributed by atoms with E-state index >= 15 is 0 Å². The third-order valence-corrected chi connectivity index (χ3v) is 3.57. The van der Waals surface area contributed by atoms with E-state index in [1.165, 1.54) is 23.5 Å². The van der Waals surface area contributed by atoms with Crippen LogP contribution >= 0.6 is 11.3 Å². The fraction of sp³-hybridized carbons (Fsp3) is 0.154. The van der Waals surface area contributed by atoms with Crippen molar-refractivity contribution >= 4 is 28.6 Å². The molecule has 0 aliphatic heterocycles. The van der Waals surface area contributed by atoms with E-state index < -0.39 is 5.82 Å². The van der Waals surface area contributed by atoms with E-state index in [4.69, 9.17) is 5.73 Å². The van der Waals surface area contributed by atoms with E-state index in [0.29, 0.717) is 4.88 Å². The number of halogens is 1. The van der Waals surface area contributed by atoms with Gasteiger partial charge in [0, 0.05) is 0 Å². The quantitative estimate of drug-likeness (QED) is 0.836. The van der Waals surface area contributed by atoms with Gasteiger partial charge in [0.2, 0.25) is 0 Å². The second-order valence-corrected chi connectivity index (χ2v) is 4.70. The summed E-state index contributed by atoms with van der Waals surface area (Å²) in [6.07, 6.45) is 0.763. The Balaban J connectivity index is 2.27. The number of hydrogen-bond donors (Lipinski definition) is 2. The van der Waals surface area contributed by atoms with Crippen molar-refractivity contribution < 1.29 is 9.18 Å². The summed E-state index contributed by atoms with van der Waals surface area (Å²) in [4.78, 5) is 12.6. The molecule has 0 saturated heterocycles. The van der Waals surface area contributed by atoms with Gasteiger partial charge >= 0.3 is 0 Å². The molecule has 1 aromatic carbocycles. The molecule has 5 heteroatoms. The van der Waals surface area contributed by atoms with E-state index in [9.17, 15) is 9.18 Å². The minimum absolute atomic E-state index is 0.0398. The Kier molecular flexibility index (Phi) is 3.62. The fourth-order valence-corrected chi connectivity index (χ4v) is 2.55. The van der Waals surface area contributed by atoms with Gasteiger partial charge in [-0.05, 0) is 35.6 Å². The van der Waals surface area contributed by atoms with Crippen molar-refractivity contribution in [2.45, 2.75) is 13.3 Å². The molecule has 0 aliphatic carbocycles. The fourth-order valence-electron chi connectivity index (χ4n) is 1.66. The van der Waals surface area contributed by atoms with Gasteiger partial charge in [-0.1, -0.05) is 13.0 Å². The average Bonchev–Trinajstić information content (AvgIpc) is 2.82. The number of nitrogens with two attached hydrogens (primary N) is 1. The highest BCUT2D eigenvalue weighted by Crippen LogP contribution is 2.24. The smallest absolute Gasteiger partial charge is 0.266 e. The molecule has 3 nitrogen and oxygen atoms in total. The number of thiophene rings is 1. The van der Waals surface area contributed by atoms with Gasteiger partial charge in [0.05, 0.1) is 10.6 Å². The molecule has 2 aromatic rings. The normalized spacial score (nSPS) is 10.3. The van der Waals surface area contributed by atoms with Gasteiger partial charge in [-0.25, -0.2) is 4.39 Å². The van der Waals surface area contributed by atoms with E-state index in [1.54, 1.807) is 6.07 Å². The molecule has 0 spiro atoms. The van der Waals surface area contributed by atoms with Crippen LogP contribution in [0.25, 0.3) is 0 Å². The Morgan fingerprint density at radius 3 is 2.89 bits per heavy atom. The molecule has 18 heavy (non-hydrogen) atoms. The van der Waals surface area contributed by atoms with Crippen LogP contribution in [-0.2, 0) is 6.42 Å². The highest BCUT2D eigenvalue weighted by Gasteiger charge is 2.15. The van der Waals surface area contributed by atoms with Gasteiger partial charge < -0.3 is 11.1 Å². The summed E-state index contributed by atoms with van der Waals surface area (Å²) in [5, 5.41) is 4.37. The van der Waals surface area contributed by atoms with Crippen LogP contribution in [0.2, 0.25) is 0 Å². The first-order valence-electron chi connectivity index (χ1n) is 5.55. The largest absolute Gasteiger partial charge is 0.397 e. The number of nitrogen functional groups attached to an aromatic ring is 1. The number of anilines is 2. The maximum Gasteiger partial charge on any atom is 0.266 e. The van der Waals surface area contributed by atoms with Crippen molar-refractivity contribution in [3.63, 3.8) is 0 Å². The maximum absolute atomic E-state index is 13.5. The minimum Gasteiger partial charge on any atom is -0.397 e. The van der Waals surface area contributed by atoms with Crippen LogP contribution in [0.5, 0.6) is 0 Å². The lowest BCUT2D eigenvalue weighted by atomic mass is 10.2. The van der Waals surface area contributed by atoms with E-state index in [1.807, 2.05) is 18.4 Å². The van der Waals surface area contributed by atoms with Crippen LogP contribution in [0, 0.1) is 5.82 Å². The molecule has 0 fully saturated rings. The Labute approximate surface area is 108 Å². The molecule has 1 heterocycles. The summed E-state index contributed by atoms with van der Waals surface area (Å²) >= 11 is 1.34. The van der Waals surface area contributed by atoms with E-state index in [0.717, 1.165) is 12.0 Å². The lowest BCUT2D eigenvalue weighted by molar-refractivity contribution is 0.102.